The SMILES string of the molecule is COc1cc(CCc2cc(O)c(O)c(O)c2)cc(O)c1OC. The molecule has 22 heavy (non-hydrogen) atoms. The molecule has 0 aliphatic rings. The molecule has 2 aromatic carbocycles. The summed E-state index contributed by atoms with van der Waals surface area (Å²) in [5.41, 5.74) is 1.46. The van der Waals surface area contributed by atoms with Crippen molar-refractivity contribution in [3.8, 4) is 34.5 Å². The van der Waals surface area contributed by atoms with Gasteiger partial charge in [-0.2, -0.15) is 0 Å². The van der Waals surface area contributed by atoms with Gasteiger partial charge < -0.3 is 29.9 Å². The van der Waals surface area contributed by atoms with Gasteiger partial charge in [-0.3, -0.25) is 0 Å². The van der Waals surface area contributed by atoms with Gasteiger partial charge in [-0.05, 0) is 48.2 Å². The van der Waals surface area contributed by atoms with Gasteiger partial charge in [0.05, 0.1) is 14.2 Å². The van der Waals surface area contributed by atoms with E-state index >= 15 is 0 Å². The lowest BCUT2D eigenvalue weighted by Crippen LogP contribution is -1.96. The number of ether oxygens (including phenoxy) is 2. The van der Waals surface area contributed by atoms with E-state index in [1.54, 1.807) is 12.1 Å². The molecule has 0 bridgehead atoms. The van der Waals surface area contributed by atoms with E-state index in [9.17, 15) is 20.4 Å². The summed E-state index contributed by atoms with van der Waals surface area (Å²) in [5.74, 6) is -0.601. The normalized spacial score (nSPS) is 10.5. The number of hydrogen-bond acceptors (Lipinski definition) is 6. The summed E-state index contributed by atoms with van der Waals surface area (Å²) in [5, 5.41) is 38.2. The van der Waals surface area contributed by atoms with Crippen LogP contribution >= 0.6 is 0 Å². The highest BCUT2D eigenvalue weighted by Gasteiger charge is 2.12. The first-order valence-corrected chi connectivity index (χ1v) is 6.64. The van der Waals surface area contributed by atoms with Crippen LogP contribution in [0.1, 0.15) is 11.1 Å². The maximum absolute atomic E-state index is 9.91. The average molecular weight is 306 g/mol. The number of aryl methyl sites for hydroxylation is 2. The van der Waals surface area contributed by atoms with E-state index in [2.05, 4.69) is 0 Å². The highest BCUT2D eigenvalue weighted by Crippen LogP contribution is 2.38. The standard InChI is InChI=1S/C16H18O6/c1-21-14-8-10(7-13(19)16(14)22-2)4-3-9-5-11(17)15(20)12(18)6-9/h5-8,17-20H,3-4H2,1-2H3. The van der Waals surface area contributed by atoms with Crippen molar-refractivity contribution in [3.63, 3.8) is 0 Å². The number of benzene rings is 2. The van der Waals surface area contributed by atoms with Crippen LogP contribution in [0, 0.1) is 0 Å². The molecular weight excluding hydrogens is 288 g/mol. The van der Waals surface area contributed by atoms with E-state index in [0.717, 1.165) is 5.56 Å². The second-order valence-electron chi connectivity index (χ2n) is 4.83. The summed E-state index contributed by atoms with van der Waals surface area (Å²) >= 11 is 0. The molecule has 118 valence electrons. The Morgan fingerprint density at radius 3 is 1.73 bits per heavy atom. The molecule has 0 aliphatic carbocycles. The van der Waals surface area contributed by atoms with Crippen molar-refractivity contribution in [2.45, 2.75) is 12.8 Å². The number of hydrogen-bond donors (Lipinski definition) is 4. The molecule has 2 rings (SSSR count). The Bertz CT molecular complexity index is 658. The topological polar surface area (TPSA) is 99.4 Å². The number of methoxy groups -OCH3 is 2. The van der Waals surface area contributed by atoms with E-state index in [1.807, 2.05) is 0 Å². The quantitative estimate of drug-likeness (QED) is 0.633. The number of rotatable bonds is 5. The molecule has 0 heterocycles. The fraction of sp³-hybridized carbons (Fsp3) is 0.250. The summed E-state index contributed by atoms with van der Waals surface area (Å²) in [4.78, 5) is 0. The second kappa shape index (κ2) is 6.34. The molecule has 0 saturated carbocycles. The van der Waals surface area contributed by atoms with Crippen molar-refractivity contribution < 1.29 is 29.9 Å². The minimum Gasteiger partial charge on any atom is -0.504 e. The molecule has 2 aromatic rings. The third-order valence-corrected chi connectivity index (χ3v) is 3.35. The maximum atomic E-state index is 9.91. The predicted molar refractivity (Wildman–Crippen MR) is 80.1 cm³/mol. The first-order valence-electron chi connectivity index (χ1n) is 6.64. The largest absolute Gasteiger partial charge is 0.504 e. The minimum atomic E-state index is -0.535. The van der Waals surface area contributed by atoms with Crippen LogP contribution in [-0.2, 0) is 12.8 Å². The molecule has 0 spiro atoms. The Labute approximate surface area is 127 Å². The van der Waals surface area contributed by atoms with Crippen LogP contribution in [0.25, 0.3) is 0 Å². The summed E-state index contributed by atoms with van der Waals surface area (Å²) in [7, 11) is 2.93. The van der Waals surface area contributed by atoms with Gasteiger partial charge in [-0.1, -0.05) is 0 Å². The molecule has 6 heteroatoms. The third kappa shape index (κ3) is 3.11. The van der Waals surface area contributed by atoms with Crippen molar-refractivity contribution >= 4 is 0 Å². The zero-order valence-corrected chi connectivity index (χ0v) is 12.3. The first kappa shape index (κ1) is 15.6. The van der Waals surface area contributed by atoms with Crippen molar-refractivity contribution in [1.29, 1.82) is 0 Å². The molecule has 4 N–H and O–H groups in total. The van der Waals surface area contributed by atoms with Crippen LogP contribution in [0.15, 0.2) is 24.3 Å². The lowest BCUT2D eigenvalue weighted by Gasteiger charge is -2.12. The van der Waals surface area contributed by atoms with Crippen LogP contribution in [0.5, 0.6) is 34.5 Å². The molecule has 0 atom stereocenters. The maximum Gasteiger partial charge on any atom is 0.203 e. The smallest absolute Gasteiger partial charge is 0.203 e. The fourth-order valence-corrected chi connectivity index (χ4v) is 2.24. The van der Waals surface area contributed by atoms with E-state index in [4.69, 9.17) is 9.47 Å². The molecule has 0 saturated heterocycles. The van der Waals surface area contributed by atoms with Gasteiger partial charge >= 0.3 is 0 Å². The summed E-state index contributed by atoms with van der Waals surface area (Å²) < 4.78 is 10.2. The molecule has 0 radical (unpaired) electrons. The van der Waals surface area contributed by atoms with Crippen molar-refractivity contribution in [1.82, 2.24) is 0 Å². The van der Waals surface area contributed by atoms with Crippen LogP contribution < -0.4 is 9.47 Å². The number of phenols is 4. The number of phenolic OH excluding ortho intramolecular Hbond substituents is 4. The molecule has 0 amide bonds. The van der Waals surface area contributed by atoms with E-state index < -0.39 is 5.75 Å². The highest BCUT2D eigenvalue weighted by molar-refractivity contribution is 5.54. The third-order valence-electron chi connectivity index (χ3n) is 3.35. The van der Waals surface area contributed by atoms with E-state index in [-0.39, 0.29) is 23.0 Å². The van der Waals surface area contributed by atoms with Crippen molar-refractivity contribution in [2.75, 3.05) is 14.2 Å². The van der Waals surface area contributed by atoms with Gasteiger partial charge in [-0.15, -0.1) is 0 Å². The lowest BCUT2D eigenvalue weighted by molar-refractivity contribution is 0.332. The van der Waals surface area contributed by atoms with E-state index in [0.29, 0.717) is 24.2 Å². The molecule has 0 fully saturated rings. The van der Waals surface area contributed by atoms with Crippen molar-refractivity contribution in [2.24, 2.45) is 0 Å². The molecule has 0 aromatic heterocycles. The van der Waals surface area contributed by atoms with Gasteiger partial charge in [0.2, 0.25) is 5.75 Å². The van der Waals surface area contributed by atoms with Gasteiger partial charge in [0, 0.05) is 0 Å². The second-order valence-corrected chi connectivity index (χ2v) is 4.83. The van der Waals surface area contributed by atoms with Gasteiger partial charge in [0.15, 0.2) is 28.7 Å². The molecule has 6 nitrogen and oxygen atoms in total. The summed E-state index contributed by atoms with van der Waals surface area (Å²) in [6, 6.07) is 6.09. The highest BCUT2D eigenvalue weighted by atomic mass is 16.5. The van der Waals surface area contributed by atoms with E-state index in [1.165, 1.54) is 26.4 Å². The van der Waals surface area contributed by atoms with Crippen LogP contribution in [0.3, 0.4) is 0 Å². The van der Waals surface area contributed by atoms with Gasteiger partial charge in [-0.25, -0.2) is 0 Å². The van der Waals surface area contributed by atoms with Crippen LogP contribution in [0.2, 0.25) is 0 Å². The average Bonchev–Trinajstić information content (AvgIpc) is 2.49. The molecular formula is C16H18O6. The van der Waals surface area contributed by atoms with Crippen LogP contribution in [0.4, 0.5) is 0 Å². The Kier molecular flexibility index (Phi) is 4.50. The zero-order chi connectivity index (χ0) is 16.3. The monoisotopic (exact) mass is 306 g/mol. The Morgan fingerprint density at radius 1 is 0.727 bits per heavy atom. The minimum absolute atomic E-state index is 0.0201. The molecule has 0 aliphatic heterocycles. The zero-order valence-electron chi connectivity index (χ0n) is 12.3. The van der Waals surface area contributed by atoms with Gasteiger partial charge in [0.25, 0.3) is 0 Å². The summed E-state index contributed by atoms with van der Waals surface area (Å²) in [6.45, 7) is 0. The Hall–Kier alpha value is -2.76. The Morgan fingerprint density at radius 2 is 1.23 bits per heavy atom. The van der Waals surface area contributed by atoms with Gasteiger partial charge in [0.1, 0.15) is 0 Å². The predicted octanol–water partition coefficient (Wildman–Crippen LogP) is 2.31. The van der Waals surface area contributed by atoms with Crippen molar-refractivity contribution in [3.05, 3.63) is 35.4 Å². The Balaban J connectivity index is 2.20. The molecule has 0 unspecified atom stereocenters. The fourth-order valence-electron chi connectivity index (χ4n) is 2.24. The van der Waals surface area contributed by atoms with Crippen LogP contribution in [-0.4, -0.2) is 34.6 Å². The number of aromatic hydroxyl groups is 4. The summed E-state index contributed by atoms with van der Waals surface area (Å²) in [6.07, 6.45) is 1.04. The first-order chi connectivity index (χ1) is 10.5. The lowest BCUT2D eigenvalue weighted by atomic mass is 10.0.